The molecule has 0 aliphatic rings. The van der Waals surface area contributed by atoms with Crippen molar-refractivity contribution in [2.45, 2.75) is 13.5 Å². The van der Waals surface area contributed by atoms with Crippen LogP contribution in [0.2, 0.25) is 0 Å². The Kier molecular flexibility index (Phi) is 5.46. The maximum Gasteiger partial charge on any atom is 0.387 e. The molecule has 0 saturated heterocycles. The third-order valence-corrected chi connectivity index (χ3v) is 3.86. The van der Waals surface area contributed by atoms with E-state index in [0.29, 0.717) is 17.9 Å². The van der Waals surface area contributed by atoms with Crippen LogP contribution < -0.4 is 9.47 Å². The summed E-state index contributed by atoms with van der Waals surface area (Å²) in [5.74, 6) is 0.255. The number of rotatable bonds is 6. The number of hydrogen-bond donors (Lipinski definition) is 0. The highest BCUT2D eigenvalue weighted by Gasteiger charge is 2.08. The van der Waals surface area contributed by atoms with E-state index in [9.17, 15) is 13.2 Å². The maximum absolute atomic E-state index is 14.3. The van der Waals surface area contributed by atoms with Crippen LogP contribution in [0.4, 0.5) is 13.2 Å². The third kappa shape index (κ3) is 4.17. The molecule has 0 spiro atoms. The lowest BCUT2D eigenvalue weighted by Crippen LogP contribution is -2.01. The molecule has 3 aromatic carbocycles. The minimum Gasteiger partial charge on any atom is -0.494 e. The van der Waals surface area contributed by atoms with Gasteiger partial charge < -0.3 is 9.47 Å². The van der Waals surface area contributed by atoms with Crippen LogP contribution in [-0.4, -0.2) is 13.2 Å². The molecule has 0 atom stereocenters. The molecule has 0 bridgehead atoms. The van der Waals surface area contributed by atoms with Gasteiger partial charge in [-0.1, -0.05) is 36.4 Å². The number of halogens is 3. The van der Waals surface area contributed by atoms with E-state index in [-0.39, 0.29) is 11.6 Å². The fourth-order valence-electron chi connectivity index (χ4n) is 2.66. The van der Waals surface area contributed by atoms with Crippen LogP contribution in [0.15, 0.2) is 66.7 Å². The first kappa shape index (κ1) is 17.9. The molecule has 2 nitrogen and oxygen atoms in total. The van der Waals surface area contributed by atoms with Gasteiger partial charge in [-0.15, -0.1) is 0 Å². The van der Waals surface area contributed by atoms with E-state index >= 15 is 0 Å². The molecule has 3 aromatic rings. The van der Waals surface area contributed by atoms with Crippen molar-refractivity contribution in [2.75, 3.05) is 6.61 Å². The molecule has 0 saturated carbocycles. The summed E-state index contributed by atoms with van der Waals surface area (Å²) in [6.45, 7) is -0.519. The molecule has 0 amide bonds. The third-order valence-electron chi connectivity index (χ3n) is 3.86. The second-order valence-corrected chi connectivity index (χ2v) is 5.55. The predicted octanol–water partition coefficient (Wildman–Crippen LogP) is 6.16. The van der Waals surface area contributed by atoms with Crippen LogP contribution in [0.1, 0.15) is 6.92 Å². The molecule has 0 aliphatic heterocycles. The van der Waals surface area contributed by atoms with Crippen LogP contribution in [-0.2, 0) is 0 Å². The number of hydrogen-bond acceptors (Lipinski definition) is 2. The van der Waals surface area contributed by atoms with E-state index in [0.717, 1.165) is 16.7 Å². The van der Waals surface area contributed by atoms with Gasteiger partial charge in [-0.2, -0.15) is 8.78 Å². The van der Waals surface area contributed by atoms with Crippen molar-refractivity contribution in [3.63, 3.8) is 0 Å². The van der Waals surface area contributed by atoms with E-state index in [4.69, 9.17) is 4.74 Å². The first-order valence-corrected chi connectivity index (χ1v) is 8.15. The fraction of sp³-hybridized carbons (Fsp3) is 0.143. The zero-order chi connectivity index (χ0) is 18.5. The van der Waals surface area contributed by atoms with Crippen LogP contribution in [0.5, 0.6) is 11.5 Å². The highest BCUT2D eigenvalue weighted by molar-refractivity contribution is 5.71. The first-order chi connectivity index (χ1) is 12.6. The Morgan fingerprint density at radius 3 is 1.85 bits per heavy atom. The Balaban J connectivity index is 1.80. The van der Waals surface area contributed by atoms with Crippen molar-refractivity contribution >= 4 is 0 Å². The normalized spacial score (nSPS) is 10.8. The molecule has 26 heavy (non-hydrogen) atoms. The molecule has 0 heterocycles. The molecule has 0 unspecified atom stereocenters. The number of alkyl halides is 2. The Bertz CT molecular complexity index is 859. The summed E-state index contributed by atoms with van der Waals surface area (Å²) in [6, 6.07) is 18.5. The van der Waals surface area contributed by atoms with Gasteiger partial charge in [0.2, 0.25) is 0 Å². The average Bonchev–Trinajstić information content (AvgIpc) is 2.63. The fourth-order valence-corrected chi connectivity index (χ4v) is 2.66. The zero-order valence-corrected chi connectivity index (χ0v) is 14.1. The van der Waals surface area contributed by atoms with Crippen molar-refractivity contribution in [1.29, 1.82) is 0 Å². The van der Waals surface area contributed by atoms with E-state index in [1.165, 1.54) is 18.2 Å². The predicted molar refractivity (Wildman–Crippen MR) is 95.1 cm³/mol. The quantitative estimate of drug-likeness (QED) is 0.525. The van der Waals surface area contributed by atoms with Crippen molar-refractivity contribution in [3.8, 4) is 33.8 Å². The van der Waals surface area contributed by atoms with Gasteiger partial charge in [0.05, 0.1) is 6.61 Å². The largest absolute Gasteiger partial charge is 0.494 e. The maximum atomic E-state index is 14.3. The number of ether oxygens (including phenoxy) is 2. The second kappa shape index (κ2) is 7.95. The summed E-state index contributed by atoms with van der Waals surface area (Å²) < 4.78 is 48.3. The van der Waals surface area contributed by atoms with Crippen molar-refractivity contribution in [2.24, 2.45) is 0 Å². The summed E-state index contributed by atoms with van der Waals surface area (Å²) in [5, 5.41) is 0. The van der Waals surface area contributed by atoms with E-state index < -0.39 is 6.61 Å². The van der Waals surface area contributed by atoms with Gasteiger partial charge in [-0.25, -0.2) is 4.39 Å². The van der Waals surface area contributed by atoms with Crippen molar-refractivity contribution < 1.29 is 22.6 Å². The monoisotopic (exact) mass is 358 g/mol. The molecular formula is C21H17F3O2. The van der Waals surface area contributed by atoms with E-state index in [2.05, 4.69) is 4.74 Å². The summed E-state index contributed by atoms with van der Waals surface area (Å²) in [5.41, 5.74) is 2.97. The molecule has 134 valence electrons. The first-order valence-electron chi connectivity index (χ1n) is 8.15. The molecular weight excluding hydrogens is 341 g/mol. The van der Waals surface area contributed by atoms with Gasteiger partial charge >= 0.3 is 6.61 Å². The molecule has 3 rings (SSSR count). The summed E-state index contributed by atoms with van der Waals surface area (Å²) in [6.07, 6.45) is 0. The standard InChI is InChI=1S/C21H17F3O2/c1-2-25-18-11-12-19(20(22)13-18)16-5-3-14(4-6-16)15-7-9-17(10-8-15)26-21(23)24/h3-13,21H,2H2,1H3. The number of benzene rings is 3. The Hall–Kier alpha value is -2.95. The lowest BCUT2D eigenvalue weighted by Gasteiger charge is -2.09. The lowest BCUT2D eigenvalue weighted by molar-refractivity contribution is -0.0498. The smallest absolute Gasteiger partial charge is 0.387 e. The van der Waals surface area contributed by atoms with Gasteiger partial charge in [0.25, 0.3) is 0 Å². The van der Waals surface area contributed by atoms with Gasteiger partial charge in [0.1, 0.15) is 17.3 Å². The van der Waals surface area contributed by atoms with Crippen molar-refractivity contribution in [1.82, 2.24) is 0 Å². The highest BCUT2D eigenvalue weighted by Crippen LogP contribution is 2.29. The van der Waals surface area contributed by atoms with Crippen LogP contribution in [0, 0.1) is 5.82 Å². The Morgan fingerprint density at radius 2 is 1.31 bits per heavy atom. The molecule has 0 N–H and O–H groups in total. The Morgan fingerprint density at radius 1 is 0.769 bits per heavy atom. The van der Waals surface area contributed by atoms with Gasteiger partial charge in [-0.05, 0) is 47.9 Å². The van der Waals surface area contributed by atoms with E-state index in [1.54, 1.807) is 24.3 Å². The van der Waals surface area contributed by atoms with Crippen molar-refractivity contribution in [3.05, 3.63) is 72.5 Å². The second-order valence-electron chi connectivity index (χ2n) is 5.55. The van der Waals surface area contributed by atoms with Gasteiger partial charge in [0.15, 0.2) is 0 Å². The zero-order valence-electron chi connectivity index (χ0n) is 14.1. The van der Waals surface area contributed by atoms with Crippen LogP contribution >= 0.6 is 0 Å². The highest BCUT2D eigenvalue weighted by atomic mass is 19.3. The molecule has 5 heteroatoms. The molecule has 0 radical (unpaired) electrons. The van der Waals surface area contributed by atoms with Gasteiger partial charge in [0, 0.05) is 11.6 Å². The topological polar surface area (TPSA) is 18.5 Å². The van der Waals surface area contributed by atoms with Crippen LogP contribution in [0.25, 0.3) is 22.3 Å². The SMILES string of the molecule is CCOc1ccc(-c2ccc(-c3ccc(OC(F)F)cc3)cc2)c(F)c1. The molecule has 0 aromatic heterocycles. The molecule has 0 fully saturated rings. The summed E-state index contributed by atoms with van der Waals surface area (Å²) in [4.78, 5) is 0. The minimum atomic E-state index is -2.84. The van der Waals surface area contributed by atoms with E-state index in [1.807, 2.05) is 31.2 Å². The lowest BCUT2D eigenvalue weighted by atomic mass is 10.00. The average molecular weight is 358 g/mol. The van der Waals surface area contributed by atoms with Crippen LogP contribution in [0.3, 0.4) is 0 Å². The Labute approximate surface area is 149 Å². The minimum absolute atomic E-state index is 0.108. The van der Waals surface area contributed by atoms with Gasteiger partial charge in [-0.3, -0.25) is 0 Å². The summed E-state index contributed by atoms with van der Waals surface area (Å²) in [7, 11) is 0. The molecule has 0 aliphatic carbocycles. The summed E-state index contributed by atoms with van der Waals surface area (Å²) >= 11 is 0.